The van der Waals surface area contributed by atoms with Crippen LogP contribution in [-0.2, 0) is 18.1 Å². The average Bonchev–Trinajstić information content (AvgIpc) is 2.32. The Hall–Kier alpha value is -0.246. The summed E-state index contributed by atoms with van der Waals surface area (Å²) in [5.74, 6) is 0.980. The number of aliphatic hydroxyl groups excluding tert-OH is 2. The van der Waals surface area contributed by atoms with E-state index in [1.165, 1.54) is 0 Å². The summed E-state index contributed by atoms with van der Waals surface area (Å²) in [7, 11) is 4.30. The minimum atomic E-state index is -1.70. The fourth-order valence-corrected chi connectivity index (χ4v) is 7.73. The van der Waals surface area contributed by atoms with E-state index in [0.717, 1.165) is 9.45 Å². The Labute approximate surface area is 169 Å². The Morgan fingerprint density at radius 1 is 0.692 bits per heavy atom. The Morgan fingerprint density at radius 2 is 0.962 bits per heavy atom. The molecule has 0 aliphatic heterocycles. The molecule has 0 heterocycles. The van der Waals surface area contributed by atoms with E-state index in [0.29, 0.717) is 11.5 Å². The molecule has 0 bridgehead atoms. The van der Waals surface area contributed by atoms with Gasteiger partial charge in [0.2, 0.25) is 0 Å². The SMILES string of the molecule is C[N](C)[Ti]([CH2]C(C)(C)C(O)=CC(C)(C)C)[CH2]C(C)(C)C(O)=CC(C)(C)C. The van der Waals surface area contributed by atoms with Crippen LogP contribution in [0.15, 0.2) is 23.7 Å². The number of nitrogens with zero attached hydrogens (tertiary/aromatic N) is 1. The molecule has 0 rings (SSSR count). The van der Waals surface area contributed by atoms with Gasteiger partial charge in [0.1, 0.15) is 0 Å². The molecule has 0 amide bonds. The number of hydrogen-bond donors (Lipinski definition) is 2. The Morgan fingerprint density at radius 3 is 1.15 bits per heavy atom. The van der Waals surface area contributed by atoms with Gasteiger partial charge in [-0.05, 0) is 0 Å². The molecule has 0 radical (unpaired) electrons. The molecule has 0 atom stereocenters. The molecule has 0 aliphatic carbocycles. The minimum absolute atomic E-state index is 0.0351. The maximum atomic E-state index is 10.7. The van der Waals surface area contributed by atoms with Crippen LogP contribution in [0.5, 0.6) is 0 Å². The van der Waals surface area contributed by atoms with Crippen molar-refractivity contribution in [2.24, 2.45) is 21.7 Å². The van der Waals surface area contributed by atoms with Crippen molar-refractivity contribution in [1.82, 2.24) is 3.38 Å². The zero-order chi connectivity index (χ0) is 21.1. The molecular formula is C22H44NO2Ti. The van der Waals surface area contributed by atoms with E-state index in [2.05, 4.69) is 86.7 Å². The molecule has 26 heavy (non-hydrogen) atoms. The Balaban J connectivity index is 5.51. The van der Waals surface area contributed by atoms with Gasteiger partial charge in [0, 0.05) is 0 Å². The van der Waals surface area contributed by atoms with Gasteiger partial charge >= 0.3 is 170 Å². The topological polar surface area (TPSA) is 43.7 Å². The van der Waals surface area contributed by atoms with E-state index in [9.17, 15) is 10.2 Å². The number of rotatable bonds is 7. The van der Waals surface area contributed by atoms with Crippen LogP contribution >= 0.6 is 0 Å². The van der Waals surface area contributed by atoms with Gasteiger partial charge in [-0.15, -0.1) is 0 Å². The average molecular weight is 402 g/mol. The molecule has 0 fully saturated rings. The normalized spacial score (nSPS) is 15.6. The molecule has 0 aromatic heterocycles. The van der Waals surface area contributed by atoms with Crippen molar-refractivity contribution in [2.75, 3.05) is 14.1 Å². The number of hydrogen-bond acceptors (Lipinski definition) is 3. The second-order valence-electron chi connectivity index (χ2n) is 11.4. The van der Waals surface area contributed by atoms with Crippen LogP contribution in [0.25, 0.3) is 0 Å². The molecule has 0 aromatic rings. The van der Waals surface area contributed by atoms with Crippen LogP contribution in [0.2, 0.25) is 9.45 Å². The summed E-state index contributed by atoms with van der Waals surface area (Å²) in [4.78, 5) is 0. The van der Waals surface area contributed by atoms with Crippen LogP contribution in [-0.4, -0.2) is 27.7 Å². The molecule has 0 saturated heterocycles. The van der Waals surface area contributed by atoms with Crippen molar-refractivity contribution in [1.29, 1.82) is 0 Å². The predicted molar refractivity (Wildman–Crippen MR) is 111 cm³/mol. The van der Waals surface area contributed by atoms with Gasteiger partial charge in [0.05, 0.1) is 0 Å². The third-order valence-electron chi connectivity index (χ3n) is 4.45. The standard InChI is InChI=1S/2C10H19O.C2H6N.Ti/c2*1-9(2,3)7-8(11)10(4,5)6;1-3-2;/h2*7,11H,4H2,1-3,5-6H3;1-2H3;/q;;-1;+1. The summed E-state index contributed by atoms with van der Waals surface area (Å²) in [5.41, 5.74) is -0.558. The van der Waals surface area contributed by atoms with E-state index in [-0.39, 0.29) is 21.7 Å². The summed E-state index contributed by atoms with van der Waals surface area (Å²) in [6.45, 7) is 21.2. The van der Waals surface area contributed by atoms with Crippen LogP contribution in [0.4, 0.5) is 0 Å². The van der Waals surface area contributed by atoms with Gasteiger partial charge in [-0.1, -0.05) is 0 Å². The molecule has 0 spiro atoms. The van der Waals surface area contributed by atoms with Crippen molar-refractivity contribution in [2.45, 2.75) is 78.7 Å². The first-order valence-electron chi connectivity index (χ1n) is 9.63. The zero-order valence-corrected chi connectivity index (χ0v) is 21.0. The Kier molecular flexibility index (Phi) is 8.75. The monoisotopic (exact) mass is 402 g/mol. The van der Waals surface area contributed by atoms with Gasteiger partial charge in [0.15, 0.2) is 0 Å². The zero-order valence-electron chi connectivity index (χ0n) is 19.4. The van der Waals surface area contributed by atoms with Crippen LogP contribution < -0.4 is 0 Å². The third-order valence-corrected chi connectivity index (χ3v) is 10.5. The van der Waals surface area contributed by atoms with Gasteiger partial charge < -0.3 is 0 Å². The summed E-state index contributed by atoms with van der Waals surface area (Å²) in [5, 5.41) is 21.4. The molecule has 0 aliphatic rings. The maximum absolute atomic E-state index is 10.7. The predicted octanol–water partition coefficient (Wildman–Crippen LogP) is 6.95. The first kappa shape index (κ1) is 25.8. The van der Waals surface area contributed by atoms with Crippen LogP contribution in [0.3, 0.4) is 0 Å². The van der Waals surface area contributed by atoms with Crippen LogP contribution in [0.1, 0.15) is 69.2 Å². The second kappa shape index (κ2) is 8.84. The van der Waals surface area contributed by atoms with Crippen molar-refractivity contribution >= 4 is 0 Å². The van der Waals surface area contributed by atoms with Gasteiger partial charge in [-0.25, -0.2) is 0 Å². The number of aliphatic hydroxyl groups is 2. The second-order valence-corrected chi connectivity index (χ2v) is 15.6. The molecule has 3 nitrogen and oxygen atoms in total. The first-order chi connectivity index (χ1) is 11.3. The summed E-state index contributed by atoms with van der Waals surface area (Å²) < 4.78 is 4.35. The van der Waals surface area contributed by atoms with Crippen molar-refractivity contribution in [3.63, 3.8) is 0 Å². The van der Waals surface area contributed by atoms with E-state index < -0.39 is 18.1 Å². The van der Waals surface area contributed by atoms with Crippen molar-refractivity contribution < 1.29 is 28.3 Å². The molecule has 0 unspecified atom stereocenters. The molecular weight excluding hydrogens is 358 g/mol. The summed E-state index contributed by atoms with van der Waals surface area (Å²) >= 11 is -1.70. The molecule has 4 heteroatoms. The van der Waals surface area contributed by atoms with Gasteiger partial charge in [-0.2, -0.15) is 0 Å². The molecule has 2 N–H and O–H groups in total. The third kappa shape index (κ3) is 9.62. The first-order valence-corrected chi connectivity index (χ1v) is 12.5. The summed E-state index contributed by atoms with van der Waals surface area (Å²) in [6.07, 6.45) is 3.97. The number of allylic oxidation sites excluding steroid dienone is 4. The van der Waals surface area contributed by atoms with Crippen molar-refractivity contribution in [3.05, 3.63) is 23.7 Å². The van der Waals surface area contributed by atoms with Gasteiger partial charge in [-0.3, -0.25) is 0 Å². The van der Waals surface area contributed by atoms with Gasteiger partial charge in [0.25, 0.3) is 0 Å². The fraction of sp³-hybridized carbons (Fsp3) is 0.818. The van der Waals surface area contributed by atoms with E-state index in [1.54, 1.807) is 0 Å². The summed E-state index contributed by atoms with van der Waals surface area (Å²) in [6, 6.07) is 0. The van der Waals surface area contributed by atoms with E-state index in [4.69, 9.17) is 0 Å². The quantitative estimate of drug-likeness (QED) is 0.358. The fourth-order valence-electron chi connectivity index (χ4n) is 2.79. The molecule has 153 valence electrons. The molecule has 0 saturated carbocycles. The van der Waals surface area contributed by atoms with Crippen LogP contribution in [0, 0.1) is 21.7 Å². The molecule has 0 aromatic carbocycles. The van der Waals surface area contributed by atoms with E-state index >= 15 is 0 Å². The van der Waals surface area contributed by atoms with Crippen molar-refractivity contribution in [3.8, 4) is 0 Å². The van der Waals surface area contributed by atoms with E-state index in [1.807, 2.05) is 12.2 Å². The Bertz CT molecular complexity index is 473.